The van der Waals surface area contributed by atoms with Gasteiger partial charge in [-0.1, -0.05) is 11.8 Å². The number of amides is 1. The molecule has 1 aromatic heterocycles. The Labute approximate surface area is 137 Å². The predicted octanol–water partition coefficient (Wildman–Crippen LogP) is 2.56. The highest BCUT2D eigenvalue weighted by Crippen LogP contribution is 2.18. The summed E-state index contributed by atoms with van der Waals surface area (Å²) in [5.74, 6) is -0.994. The van der Waals surface area contributed by atoms with Crippen molar-refractivity contribution in [2.24, 2.45) is 0 Å². The normalized spacial score (nSPS) is 11.3. The summed E-state index contributed by atoms with van der Waals surface area (Å²) in [6.07, 6.45) is -4.46. The Balaban J connectivity index is 1.74. The van der Waals surface area contributed by atoms with Crippen molar-refractivity contribution in [3.8, 4) is 5.75 Å². The van der Waals surface area contributed by atoms with Crippen LogP contribution in [0.15, 0.2) is 33.9 Å². The number of nitrogens with one attached hydrogen (secondary N) is 1. The fourth-order valence-electron chi connectivity index (χ4n) is 1.41. The summed E-state index contributed by atoms with van der Waals surface area (Å²) in [5.41, 5.74) is 0. The molecule has 0 spiro atoms. The lowest BCUT2D eigenvalue weighted by Crippen LogP contribution is -2.34. The van der Waals surface area contributed by atoms with Crippen molar-refractivity contribution in [2.45, 2.75) is 18.0 Å². The average Bonchev–Trinajstić information content (AvgIpc) is 2.98. The van der Waals surface area contributed by atoms with E-state index < -0.39 is 24.4 Å². The smallest absolute Gasteiger partial charge is 0.405 e. The molecule has 0 radical (unpaired) electrons. The van der Waals surface area contributed by atoms with Crippen LogP contribution in [0.2, 0.25) is 0 Å². The van der Waals surface area contributed by atoms with E-state index in [1.165, 1.54) is 24.3 Å². The van der Waals surface area contributed by atoms with Crippen LogP contribution in [0.25, 0.3) is 0 Å². The topological polar surface area (TPSA) is 77.2 Å². The number of thioether (sulfide) groups is 1. The molecule has 130 valence electrons. The van der Waals surface area contributed by atoms with E-state index in [9.17, 15) is 22.4 Å². The van der Waals surface area contributed by atoms with Crippen LogP contribution in [0, 0.1) is 5.82 Å². The Morgan fingerprint density at radius 1 is 1.25 bits per heavy atom. The van der Waals surface area contributed by atoms with E-state index in [4.69, 9.17) is 9.15 Å². The van der Waals surface area contributed by atoms with Gasteiger partial charge in [0.15, 0.2) is 6.61 Å². The first-order valence-corrected chi connectivity index (χ1v) is 7.47. The van der Waals surface area contributed by atoms with Crippen molar-refractivity contribution >= 4 is 17.7 Å². The molecule has 0 fully saturated rings. The van der Waals surface area contributed by atoms with Gasteiger partial charge >= 0.3 is 6.18 Å². The molecular weight excluding hydrogens is 354 g/mol. The minimum Gasteiger partial charge on any atom is -0.484 e. The zero-order valence-electron chi connectivity index (χ0n) is 12.0. The fraction of sp³-hybridized carbons (Fsp3) is 0.308. The van der Waals surface area contributed by atoms with E-state index in [1.54, 1.807) is 5.32 Å². The first kappa shape index (κ1) is 18.0. The molecular formula is C13H11F4N3O3S. The number of aromatic nitrogens is 2. The van der Waals surface area contributed by atoms with Gasteiger partial charge in [0.1, 0.15) is 18.1 Å². The lowest BCUT2D eigenvalue weighted by Gasteiger charge is -2.06. The Morgan fingerprint density at radius 2 is 1.96 bits per heavy atom. The largest absolute Gasteiger partial charge is 0.484 e. The van der Waals surface area contributed by atoms with Gasteiger partial charge < -0.3 is 14.5 Å². The maximum absolute atomic E-state index is 12.7. The first-order chi connectivity index (χ1) is 11.3. The van der Waals surface area contributed by atoms with E-state index in [0.29, 0.717) is 5.75 Å². The van der Waals surface area contributed by atoms with Crippen LogP contribution in [0.5, 0.6) is 5.75 Å². The SMILES string of the molecule is O=C(CSc1nnc(COc2ccc(F)cc2)o1)NCC(F)(F)F. The summed E-state index contributed by atoms with van der Waals surface area (Å²) in [6, 6.07) is 5.30. The summed E-state index contributed by atoms with van der Waals surface area (Å²) < 4.78 is 59.0. The van der Waals surface area contributed by atoms with Crippen molar-refractivity contribution in [1.82, 2.24) is 15.5 Å². The highest BCUT2D eigenvalue weighted by molar-refractivity contribution is 7.99. The van der Waals surface area contributed by atoms with Crippen molar-refractivity contribution in [1.29, 1.82) is 0 Å². The van der Waals surface area contributed by atoms with Crippen LogP contribution in [0.1, 0.15) is 5.89 Å². The average molecular weight is 365 g/mol. The molecule has 0 aliphatic heterocycles. The molecule has 0 saturated heterocycles. The number of hydrogen-bond acceptors (Lipinski definition) is 6. The van der Waals surface area contributed by atoms with Gasteiger partial charge in [0, 0.05) is 0 Å². The summed E-state index contributed by atoms with van der Waals surface area (Å²) in [7, 11) is 0. The molecule has 1 heterocycles. The first-order valence-electron chi connectivity index (χ1n) is 6.49. The molecule has 6 nitrogen and oxygen atoms in total. The Bertz CT molecular complexity index is 676. The summed E-state index contributed by atoms with van der Waals surface area (Å²) >= 11 is 0.799. The summed E-state index contributed by atoms with van der Waals surface area (Å²) in [6.45, 7) is -1.47. The molecule has 1 aromatic carbocycles. The highest BCUT2D eigenvalue weighted by Gasteiger charge is 2.27. The van der Waals surface area contributed by atoms with Gasteiger partial charge in [-0.05, 0) is 24.3 Å². The van der Waals surface area contributed by atoms with Gasteiger partial charge in [0.25, 0.3) is 11.1 Å². The van der Waals surface area contributed by atoms with Gasteiger partial charge in [0.2, 0.25) is 5.91 Å². The molecule has 0 saturated carbocycles. The Morgan fingerprint density at radius 3 is 2.62 bits per heavy atom. The number of rotatable bonds is 7. The number of hydrogen-bond donors (Lipinski definition) is 1. The van der Waals surface area contributed by atoms with Crippen molar-refractivity contribution in [2.75, 3.05) is 12.3 Å². The van der Waals surface area contributed by atoms with Gasteiger partial charge in [-0.3, -0.25) is 4.79 Å². The van der Waals surface area contributed by atoms with Gasteiger partial charge in [-0.2, -0.15) is 13.2 Å². The predicted molar refractivity (Wildman–Crippen MR) is 74.8 cm³/mol. The van der Waals surface area contributed by atoms with Crippen LogP contribution in [0.3, 0.4) is 0 Å². The number of carbonyl (C=O) groups excluding carboxylic acids is 1. The maximum Gasteiger partial charge on any atom is 0.405 e. The molecule has 2 aromatic rings. The fourth-order valence-corrected chi connectivity index (χ4v) is 2.02. The number of alkyl halides is 3. The van der Waals surface area contributed by atoms with E-state index in [-0.39, 0.29) is 23.5 Å². The highest BCUT2D eigenvalue weighted by atomic mass is 32.2. The van der Waals surface area contributed by atoms with Gasteiger partial charge in [0.05, 0.1) is 5.75 Å². The Kier molecular flexibility index (Phi) is 6.01. The summed E-state index contributed by atoms with van der Waals surface area (Å²) in [5, 5.41) is 9.04. The molecule has 11 heteroatoms. The third-order valence-electron chi connectivity index (χ3n) is 2.44. The molecule has 0 aliphatic rings. The number of halogens is 4. The van der Waals surface area contributed by atoms with Gasteiger partial charge in [-0.15, -0.1) is 10.2 Å². The standard InChI is InChI=1S/C13H11F4N3O3S/c14-8-1-3-9(4-2-8)22-5-11-19-20-12(23-11)24-6-10(21)18-7-13(15,16)17/h1-4H,5-7H2,(H,18,21). The van der Waals surface area contributed by atoms with E-state index in [2.05, 4.69) is 10.2 Å². The zero-order valence-corrected chi connectivity index (χ0v) is 12.8. The van der Waals surface area contributed by atoms with E-state index in [1.807, 2.05) is 0 Å². The lowest BCUT2D eigenvalue weighted by atomic mass is 10.3. The van der Waals surface area contributed by atoms with E-state index >= 15 is 0 Å². The number of carbonyl (C=O) groups is 1. The molecule has 0 bridgehead atoms. The third kappa shape index (κ3) is 6.44. The second-order valence-corrected chi connectivity index (χ2v) is 5.31. The monoisotopic (exact) mass is 365 g/mol. The minimum atomic E-state index is -4.46. The molecule has 0 unspecified atom stereocenters. The Hall–Kier alpha value is -2.30. The number of nitrogens with zero attached hydrogens (tertiary/aromatic N) is 2. The number of ether oxygens (including phenoxy) is 1. The van der Waals surface area contributed by atoms with Crippen LogP contribution in [0.4, 0.5) is 17.6 Å². The molecule has 24 heavy (non-hydrogen) atoms. The number of benzene rings is 1. The molecule has 0 aliphatic carbocycles. The van der Waals surface area contributed by atoms with Crippen LogP contribution in [-0.4, -0.2) is 34.6 Å². The molecule has 1 amide bonds. The van der Waals surface area contributed by atoms with Gasteiger partial charge in [-0.25, -0.2) is 4.39 Å². The lowest BCUT2D eigenvalue weighted by molar-refractivity contribution is -0.136. The van der Waals surface area contributed by atoms with Crippen LogP contribution >= 0.6 is 11.8 Å². The van der Waals surface area contributed by atoms with Crippen molar-refractivity contribution in [3.05, 3.63) is 36.0 Å². The van der Waals surface area contributed by atoms with E-state index in [0.717, 1.165) is 11.8 Å². The summed E-state index contributed by atoms with van der Waals surface area (Å²) in [4.78, 5) is 11.2. The second-order valence-electron chi connectivity index (χ2n) is 4.38. The molecule has 2 rings (SSSR count). The minimum absolute atomic E-state index is 0.0230. The van der Waals surface area contributed by atoms with Crippen LogP contribution in [-0.2, 0) is 11.4 Å². The quantitative estimate of drug-likeness (QED) is 0.600. The third-order valence-corrected chi connectivity index (χ3v) is 3.26. The molecule has 1 N–H and O–H groups in total. The maximum atomic E-state index is 12.7. The molecule has 0 atom stereocenters. The second kappa shape index (κ2) is 7.99. The van der Waals surface area contributed by atoms with Crippen molar-refractivity contribution in [3.63, 3.8) is 0 Å². The van der Waals surface area contributed by atoms with Crippen LogP contribution < -0.4 is 10.1 Å². The van der Waals surface area contributed by atoms with Crippen molar-refractivity contribution < 1.29 is 31.5 Å². The zero-order chi connectivity index (χ0) is 17.6.